The van der Waals surface area contributed by atoms with Crippen LogP contribution in [0.25, 0.3) is 22.1 Å². The van der Waals surface area contributed by atoms with Gasteiger partial charge < -0.3 is 9.52 Å². The summed E-state index contributed by atoms with van der Waals surface area (Å²) in [7, 11) is -6.89. The van der Waals surface area contributed by atoms with Gasteiger partial charge >= 0.3 is 11.9 Å². The average Bonchev–Trinajstić information content (AvgIpc) is 3.28. The van der Waals surface area contributed by atoms with E-state index in [9.17, 15) is 31.5 Å². The maximum Gasteiger partial charge on any atom is 0.324 e. The Hall–Kier alpha value is -4.20. The number of nitrogens with one attached hydrogen (secondary N) is 1. The Morgan fingerprint density at radius 1 is 0.881 bits per heavy atom. The van der Waals surface area contributed by atoms with Crippen LogP contribution in [0.5, 0.6) is 0 Å². The molecule has 0 aliphatic carbocycles. The lowest BCUT2D eigenvalue weighted by atomic mass is 10.1. The predicted molar refractivity (Wildman–Crippen MR) is 159 cm³/mol. The molecule has 1 atom stereocenters. The van der Waals surface area contributed by atoms with Gasteiger partial charge in [0.2, 0.25) is 10.0 Å². The van der Waals surface area contributed by atoms with Gasteiger partial charge in [-0.05, 0) is 48.2 Å². The van der Waals surface area contributed by atoms with E-state index >= 15 is 0 Å². The van der Waals surface area contributed by atoms with Crippen LogP contribution in [0.1, 0.15) is 30.0 Å². The Kier molecular flexibility index (Phi) is 8.48. The summed E-state index contributed by atoms with van der Waals surface area (Å²) in [5.74, 6) is -3.53. The first-order chi connectivity index (χ1) is 19.6. The number of furan rings is 1. The molecular formula is C29H31N3O8S2. The molecule has 11 nitrogen and oxygen atoms in total. The molecule has 1 aromatic heterocycles. The van der Waals surface area contributed by atoms with E-state index in [1.54, 1.807) is 24.3 Å². The molecule has 4 aromatic rings. The van der Waals surface area contributed by atoms with E-state index in [0.29, 0.717) is 9.80 Å². The average molecular weight is 614 g/mol. The van der Waals surface area contributed by atoms with Crippen molar-refractivity contribution in [1.82, 2.24) is 9.84 Å². The molecule has 1 unspecified atom stereocenters. The summed E-state index contributed by atoms with van der Waals surface area (Å²) in [5, 5.41) is 10.3. The number of hydrogen-bond donors (Lipinski definition) is 2. The van der Waals surface area contributed by atoms with Gasteiger partial charge in [0, 0.05) is 18.0 Å². The molecule has 1 heterocycles. The molecule has 0 aliphatic heterocycles. The maximum atomic E-state index is 13.9. The van der Waals surface area contributed by atoms with Crippen LogP contribution in [0.3, 0.4) is 0 Å². The van der Waals surface area contributed by atoms with Crippen molar-refractivity contribution < 1.29 is 35.9 Å². The van der Waals surface area contributed by atoms with Crippen LogP contribution in [-0.2, 0) is 24.8 Å². The van der Waals surface area contributed by atoms with Crippen molar-refractivity contribution in [2.24, 2.45) is 5.92 Å². The van der Waals surface area contributed by atoms with Gasteiger partial charge in [0.25, 0.3) is 10.0 Å². The molecule has 2 N–H and O–H groups in total. The van der Waals surface area contributed by atoms with Crippen molar-refractivity contribution in [1.29, 1.82) is 0 Å². The van der Waals surface area contributed by atoms with Crippen LogP contribution in [0.2, 0.25) is 0 Å². The lowest BCUT2D eigenvalue weighted by Crippen LogP contribution is -2.56. The molecule has 0 bridgehead atoms. The summed E-state index contributed by atoms with van der Waals surface area (Å²) in [6, 6.07) is 18.1. The predicted octanol–water partition coefficient (Wildman–Crippen LogP) is 4.25. The number of aryl methyl sites for hydroxylation is 1. The highest BCUT2D eigenvalue weighted by molar-refractivity contribution is 7.92. The molecular weight excluding hydrogens is 582 g/mol. The minimum absolute atomic E-state index is 0.190. The molecule has 42 heavy (non-hydrogen) atoms. The highest BCUT2D eigenvalue weighted by Gasteiger charge is 2.40. The quantitative estimate of drug-likeness (QED) is 0.252. The number of benzene rings is 3. The molecule has 0 fully saturated rings. The van der Waals surface area contributed by atoms with Gasteiger partial charge in [-0.3, -0.25) is 19.3 Å². The molecule has 13 heteroatoms. The fourth-order valence-electron chi connectivity index (χ4n) is 4.59. The summed E-state index contributed by atoms with van der Waals surface area (Å²) in [6.45, 7) is 4.57. The third-order valence-corrected chi connectivity index (χ3v) is 9.74. The number of fused-ring (bicyclic) bond motifs is 1. The number of carboxylic acids is 1. The van der Waals surface area contributed by atoms with E-state index in [1.165, 1.54) is 46.0 Å². The summed E-state index contributed by atoms with van der Waals surface area (Å²) in [4.78, 5) is 25.6. The van der Waals surface area contributed by atoms with E-state index in [-0.39, 0.29) is 27.5 Å². The van der Waals surface area contributed by atoms with Crippen LogP contribution in [0, 0.1) is 12.8 Å². The second-order valence-electron chi connectivity index (χ2n) is 10.1. The van der Waals surface area contributed by atoms with Gasteiger partial charge in [0.15, 0.2) is 5.76 Å². The molecule has 222 valence electrons. The van der Waals surface area contributed by atoms with Gasteiger partial charge in [0.05, 0.1) is 16.8 Å². The number of amides is 1. The molecule has 1 amide bonds. The largest absolute Gasteiger partial charge is 0.480 e. The van der Waals surface area contributed by atoms with E-state index in [4.69, 9.17) is 4.42 Å². The zero-order valence-electron chi connectivity index (χ0n) is 23.6. The second kappa shape index (κ2) is 11.6. The number of hydrogen-bond acceptors (Lipinski definition) is 7. The lowest BCUT2D eigenvalue weighted by molar-refractivity contribution is -0.143. The molecule has 3 aromatic carbocycles. The number of carbonyl (C=O) groups excluding carboxylic acids is 1. The van der Waals surface area contributed by atoms with Gasteiger partial charge in [-0.25, -0.2) is 16.8 Å². The van der Waals surface area contributed by atoms with Gasteiger partial charge in [-0.2, -0.15) is 0 Å². The van der Waals surface area contributed by atoms with Gasteiger partial charge in [-0.1, -0.05) is 66.8 Å². The number of carbonyl (C=O) groups is 2. The third-order valence-electron chi connectivity index (χ3n) is 6.84. The van der Waals surface area contributed by atoms with Crippen molar-refractivity contribution >= 4 is 48.6 Å². The molecule has 0 radical (unpaired) electrons. The number of sulfonamides is 2. The second-order valence-corrected chi connectivity index (χ2v) is 13.9. The minimum Gasteiger partial charge on any atom is -0.480 e. The van der Waals surface area contributed by atoms with Crippen LogP contribution < -0.4 is 9.73 Å². The number of nitrogens with zero attached hydrogens (tertiary/aromatic N) is 2. The SMILES string of the molecule is Cc1c(C(=O)NN(C(C(=O)O)C(C)C)S(=O)(=O)c2ccc(-c3ccccc3)cc2)oc2cccc(N(C)S(C)(=O)=O)c12. The van der Waals surface area contributed by atoms with E-state index < -0.39 is 43.9 Å². The highest BCUT2D eigenvalue weighted by atomic mass is 32.2. The van der Waals surface area contributed by atoms with Crippen molar-refractivity contribution in [3.05, 3.63) is 84.1 Å². The third kappa shape index (κ3) is 5.89. The van der Waals surface area contributed by atoms with Crippen LogP contribution in [0.4, 0.5) is 5.69 Å². The van der Waals surface area contributed by atoms with Crippen LogP contribution >= 0.6 is 0 Å². The summed E-state index contributed by atoms with van der Waals surface area (Å²) in [5.41, 5.74) is 4.56. The van der Waals surface area contributed by atoms with Crippen molar-refractivity contribution in [2.75, 3.05) is 17.6 Å². The Morgan fingerprint density at radius 2 is 1.48 bits per heavy atom. The van der Waals surface area contributed by atoms with Gasteiger partial charge in [-0.15, -0.1) is 0 Å². The first-order valence-corrected chi connectivity index (χ1v) is 16.1. The summed E-state index contributed by atoms with van der Waals surface area (Å²) in [6.07, 6.45) is 1.03. The van der Waals surface area contributed by atoms with Crippen molar-refractivity contribution in [2.45, 2.75) is 31.7 Å². The molecule has 0 aliphatic rings. The Morgan fingerprint density at radius 3 is 2.02 bits per heavy atom. The van der Waals surface area contributed by atoms with E-state index in [1.807, 2.05) is 30.3 Å². The first-order valence-electron chi connectivity index (χ1n) is 12.8. The number of aliphatic carboxylic acids is 1. The van der Waals surface area contributed by atoms with Gasteiger partial charge in [0.1, 0.15) is 11.6 Å². The van der Waals surface area contributed by atoms with Crippen LogP contribution in [0.15, 0.2) is 82.1 Å². The molecule has 0 saturated heterocycles. The number of hydrazine groups is 1. The smallest absolute Gasteiger partial charge is 0.324 e. The zero-order chi connectivity index (χ0) is 31.0. The van der Waals surface area contributed by atoms with Crippen LogP contribution in [-0.4, -0.2) is 57.6 Å². The Labute approximate surface area is 244 Å². The minimum atomic E-state index is -4.58. The Bertz CT molecular complexity index is 1850. The first kappa shape index (κ1) is 30.8. The summed E-state index contributed by atoms with van der Waals surface area (Å²) < 4.78 is 59.3. The number of rotatable bonds is 10. The zero-order valence-corrected chi connectivity index (χ0v) is 25.2. The maximum absolute atomic E-state index is 13.9. The summed E-state index contributed by atoms with van der Waals surface area (Å²) >= 11 is 0. The van der Waals surface area contributed by atoms with E-state index in [0.717, 1.165) is 21.7 Å². The monoisotopic (exact) mass is 613 g/mol. The highest BCUT2D eigenvalue weighted by Crippen LogP contribution is 2.34. The van der Waals surface area contributed by atoms with E-state index in [2.05, 4.69) is 5.43 Å². The molecule has 4 rings (SSSR count). The lowest BCUT2D eigenvalue weighted by Gasteiger charge is -2.30. The normalized spacial score (nSPS) is 12.9. The van der Waals surface area contributed by atoms with Crippen molar-refractivity contribution in [3.63, 3.8) is 0 Å². The standard InChI is InChI=1S/C29H31N3O8S2/c1-18(2)26(29(34)35)32(42(38,39)22-16-14-21(15-17-22)20-10-7-6-8-11-20)30-28(33)27-19(3)25-23(31(4)41(5,36)37)12-9-13-24(25)40-27/h6-18,26H,1-5H3,(H,30,33)(H,34,35). The fraction of sp³-hybridized carbons (Fsp3) is 0.241. The fourth-order valence-corrected chi connectivity index (χ4v) is 6.64. The van der Waals surface area contributed by atoms with Crippen molar-refractivity contribution in [3.8, 4) is 11.1 Å². The molecule has 0 spiro atoms. The number of anilines is 1. The topological polar surface area (TPSA) is 154 Å². The Balaban J connectivity index is 1.77. The number of carboxylic acid groups (broad SMARTS) is 1. The molecule has 0 saturated carbocycles.